The van der Waals surface area contributed by atoms with E-state index in [0.29, 0.717) is 36.2 Å². The first-order valence-corrected chi connectivity index (χ1v) is 13.5. The number of carbonyl (C=O) groups excluding carboxylic acids is 1. The van der Waals surface area contributed by atoms with Crippen molar-refractivity contribution in [1.29, 1.82) is 0 Å². The van der Waals surface area contributed by atoms with Gasteiger partial charge in [-0.25, -0.2) is 23.1 Å². The number of nitrogens with one attached hydrogen (secondary N) is 1. The lowest BCUT2D eigenvalue weighted by molar-refractivity contribution is -0.123. The van der Waals surface area contributed by atoms with Crippen molar-refractivity contribution in [1.82, 2.24) is 14.7 Å². The zero-order valence-corrected chi connectivity index (χ0v) is 21.5. The minimum Gasteiger partial charge on any atom is -0.441 e. The summed E-state index contributed by atoms with van der Waals surface area (Å²) < 4.78 is 33.3. The minimum atomic E-state index is -3.92. The van der Waals surface area contributed by atoms with Crippen LogP contribution in [0.3, 0.4) is 0 Å². The molecule has 0 aromatic carbocycles. The number of nitrogens with zero attached hydrogens (tertiary/aromatic N) is 4. The van der Waals surface area contributed by atoms with Gasteiger partial charge in [-0.2, -0.15) is 0 Å². The molecule has 4 heterocycles. The topological polar surface area (TPSA) is 109 Å². The first-order valence-electron chi connectivity index (χ1n) is 10.9. The highest BCUT2D eigenvalue weighted by Crippen LogP contribution is 2.33. The van der Waals surface area contributed by atoms with E-state index in [2.05, 4.69) is 19.6 Å². The zero-order valence-electron chi connectivity index (χ0n) is 19.1. The molecule has 1 aliphatic heterocycles. The maximum atomic E-state index is 12.7. The number of rotatable bonds is 7. The van der Waals surface area contributed by atoms with Crippen molar-refractivity contribution in [3.05, 3.63) is 40.7 Å². The number of oxazole rings is 1. The number of piperidine rings is 1. The molecule has 9 nitrogen and oxygen atoms in total. The van der Waals surface area contributed by atoms with E-state index < -0.39 is 21.8 Å². The average molecular weight is 524 g/mol. The Balaban J connectivity index is 1.44. The van der Waals surface area contributed by atoms with Gasteiger partial charge >= 0.3 is 0 Å². The number of hydrogen-bond donors (Lipinski definition) is 1. The molecule has 0 aliphatic carbocycles. The summed E-state index contributed by atoms with van der Waals surface area (Å²) in [5.41, 5.74) is 1.70. The second-order valence-electron chi connectivity index (χ2n) is 8.24. The number of pyridine rings is 1. The summed E-state index contributed by atoms with van der Waals surface area (Å²) in [5, 5.41) is 0. The van der Waals surface area contributed by atoms with E-state index in [-0.39, 0.29) is 4.21 Å². The SMILES string of the molecule is CCc1cnc(-c2cnc(N3CCC(C(=O)NS(=O)(=O)c4ccc(Cl)s4)CC3)c(N(C)C)c2)o1. The Labute approximate surface area is 207 Å². The number of hydrogen-bond acceptors (Lipinski definition) is 9. The maximum Gasteiger partial charge on any atom is 0.273 e. The predicted molar refractivity (Wildman–Crippen MR) is 133 cm³/mol. The summed E-state index contributed by atoms with van der Waals surface area (Å²) in [4.78, 5) is 25.8. The van der Waals surface area contributed by atoms with Crippen LogP contribution in [0.2, 0.25) is 4.34 Å². The van der Waals surface area contributed by atoms with Gasteiger partial charge in [-0.3, -0.25) is 4.79 Å². The van der Waals surface area contributed by atoms with E-state index >= 15 is 0 Å². The molecule has 0 saturated carbocycles. The monoisotopic (exact) mass is 523 g/mol. The number of amides is 1. The van der Waals surface area contributed by atoms with E-state index in [4.69, 9.17) is 16.0 Å². The van der Waals surface area contributed by atoms with Gasteiger partial charge in [-0.1, -0.05) is 18.5 Å². The zero-order chi connectivity index (χ0) is 24.5. The van der Waals surface area contributed by atoms with Crippen molar-refractivity contribution in [2.75, 3.05) is 37.0 Å². The Kier molecular flexibility index (Phi) is 7.15. The van der Waals surface area contributed by atoms with Crippen molar-refractivity contribution in [2.24, 2.45) is 5.92 Å². The molecule has 1 N–H and O–H groups in total. The average Bonchev–Trinajstić information content (AvgIpc) is 3.48. The summed E-state index contributed by atoms with van der Waals surface area (Å²) in [5.74, 6) is 1.26. The Morgan fingerprint density at radius 1 is 1.26 bits per heavy atom. The van der Waals surface area contributed by atoms with Crippen LogP contribution in [0.4, 0.5) is 11.5 Å². The summed E-state index contributed by atoms with van der Waals surface area (Å²) in [6.45, 7) is 3.16. The van der Waals surface area contributed by atoms with Crippen LogP contribution in [0.15, 0.2) is 39.2 Å². The van der Waals surface area contributed by atoms with Gasteiger partial charge in [0.05, 0.1) is 21.8 Å². The number of aryl methyl sites for hydroxylation is 1. The van der Waals surface area contributed by atoms with Gasteiger partial charge in [0.25, 0.3) is 10.0 Å². The van der Waals surface area contributed by atoms with Crippen LogP contribution in [-0.4, -0.2) is 51.5 Å². The number of thiophene rings is 1. The van der Waals surface area contributed by atoms with Crippen LogP contribution in [0.1, 0.15) is 25.5 Å². The van der Waals surface area contributed by atoms with Gasteiger partial charge in [-0.15, -0.1) is 11.3 Å². The fourth-order valence-electron chi connectivity index (χ4n) is 3.80. The van der Waals surface area contributed by atoms with Crippen LogP contribution in [0.25, 0.3) is 11.5 Å². The lowest BCUT2D eigenvalue weighted by Gasteiger charge is -2.34. The highest BCUT2D eigenvalue weighted by molar-refractivity contribution is 7.92. The lowest BCUT2D eigenvalue weighted by atomic mass is 9.96. The van der Waals surface area contributed by atoms with Gasteiger partial charge in [0.15, 0.2) is 5.82 Å². The van der Waals surface area contributed by atoms with Gasteiger partial charge in [0.1, 0.15) is 9.97 Å². The summed E-state index contributed by atoms with van der Waals surface area (Å²) in [6, 6.07) is 4.88. The molecule has 0 atom stereocenters. The molecule has 0 spiro atoms. The standard InChI is InChI=1S/C22H26ClN5O4S2/c1-4-16-13-25-22(32-16)15-11-17(27(2)3)20(24-12-15)28-9-7-14(8-10-28)21(29)26-34(30,31)19-6-5-18(23)33-19/h5-6,11-14H,4,7-10H2,1-3H3,(H,26,29). The largest absolute Gasteiger partial charge is 0.441 e. The molecule has 0 bridgehead atoms. The third-order valence-corrected chi connectivity index (χ3v) is 8.76. The van der Waals surface area contributed by atoms with E-state index in [9.17, 15) is 13.2 Å². The lowest BCUT2D eigenvalue weighted by Crippen LogP contribution is -2.42. The predicted octanol–water partition coefficient (Wildman–Crippen LogP) is 3.80. The molecule has 1 amide bonds. The fourth-order valence-corrected chi connectivity index (χ4v) is 6.33. The van der Waals surface area contributed by atoms with E-state index in [1.807, 2.05) is 32.0 Å². The molecule has 3 aromatic heterocycles. The van der Waals surface area contributed by atoms with Gasteiger partial charge in [-0.05, 0) is 31.0 Å². The third kappa shape index (κ3) is 5.21. The van der Waals surface area contributed by atoms with Crippen LogP contribution >= 0.6 is 22.9 Å². The molecule has 1 saturated heterocycles. The first kappa shape index (κ1) is 24.5. The Morgan fingerprint density at radius 3 is 2.59 bits per heavy atom. The highest BCUT2D eigenvalue weighted by Gasteiger charge is 2.30. The van der Waals surface area contributed by atoms with Crippen molar-refractivity contribution in [3.8, 4) is 11.5 Å². The summed E-state index contributed by atoms with van der Waals surface area (Å²) in [6.07, 6.45) is 5.27. The van der Waals surface area contributed by atoms with Crippen molar-refractivity contribution in [3.63, 3.8) is 0 Å². The number of aromatic nitrogens is 2. The Morgan fingerprint density at radius 2 is 2.00 bits per heavy atom. The van der Waals surface area contributed by atoms with Crippen molar-refractivity contribution < 1.29 is 17.6 Å². The second-order valence-corrected chi connectivity index (χ2v) is 11.9. The number of anilines is 2. The van der Waals surface area contributed by atoms with Crippen LogP contribution in [0, 0.1) is 5.92 Å². The smallest absolute Gasteiger partial charge is 0.273 e. The van der Waals surface area contributed by atoms with Crippen LogP contribution in [-0.2, 0) is 21.2 Å². The Bertz CT molecular complexity index is 1280. The van der Waals surface area contributed by atoms with Gasteiger partial charge in [0.2, 0.25) is 11.8 Å². The Hall–Kier alpha value is -2.63. The molecule has 1 aliphatic rings. The quantitative estimate of drug-likeness (QED) is 0.498. The maximum absolute atomic E-state index is 12.7. The number of sulfonamides is 1. The van der Waals surface area contributed by atoms with E-state index in [1.165, 1.54) is 12.1 Å². The normalized spacial score (nSPS) is 14.9. The van der Waals surface area contributed by atoms with E-state index in [1.54, 1.807) is 12.4 Å². The van der Waals surface area contributed by atoms with Crippen molar-refractivity contribution in [2.45, 2.75) is 30.4 Å². The molecule has 182 valence electrons. The van der Waals surface area contributed by atoms with E-state index in [0.717, 1.165) is 40.6 Å². The molecular weight excluding hydrogens is 498 g/mol. The highest BCUT2D eigenvalue weighted by atomic mass is 35.5. The number of carbonyl (C=O) groups is 1. The van der Waals surface area contributed by atoms with Gasteiger partial charge in [0, 0.05) is 45.7 Å². The second kappa shape index (κ2) is 9.93. The summed E-state index contributed by atoms with van der Waals surface area (Å²) >= 11 is 6.75. The molecule has 1 fully saturated rings. The third-order valence-electron chi connectivity index (χ3n) is 5.69. The van der Waals surface area contributed by atoms with Gasteiger partial charge < -0.3 is 14.2 Å². The molecular formula is C22H26ClN5O4S2. The fraction of sp³-hybridized carbons (Fsp3) is 0.409. The molecule has 3 aromatic rings. The molecule has 0 radical (unpaired) electrons. The number of halogens is 1. The van der Waals surface area contributed by atoms with Crippen LogP contribution < -0.4 is 14.5 Å². The van der Waals surface area contributed by atoms with Crippen molar-refractivity contribution >= 4 is 50.4 Å². The molecule has 4 rings (SSSR count). The van der Waals surface area contributed by atoms with Crippen LogP contribution in [0.5, 0.6) is 0 Å². The molecule has 34 heavy (non-hydrogen) atoms. The first-order chi connectivity index (χ1) is 16.2. The minimum absolute atomic E-state index is 0.0281. The molecule has 0 unspecified atom stereocenters. The summed E-state index contributed by atoms with van der Waals surface area (Å²) in [7, 11) is -0.0286. The molecule has 12 heteroatoms.